The molecule has 0 unspecified atom stereocenters. The third kappa shape index (κ3) is 3.58. The summed E-state index contributed by atoms with van der Waals surface area (Å²) in [5.41, 5.74) is 1.60. The zero-order chi connectivity index (χ0) is 17.1. The van der Waals surface area contributed by atoms with E-state index < -0.39 is 0 Å². The smallest absolute Gasteiger partial charge is 0.247 e. The summed E-state index contributed by atoms with van der Waals surface area (Å²) in [6.45, 7) is 2.36. The summed E-state index contributed by atoms with van der Waals surface area (Å²) in [6.07, 6.45) is 5.45. The molecule has 3 heterocycles. The molecule has 0 spiro atoms. The Bertz CT molecular complexity index is 836. The maximum Gasteiger partial charge on any atom is 0.247 e. The standard InChI is InChI=1S/C19H19FN4O/c20-17-6-2-1-4-15(17)12-24-11-3-5-16(13-24)19-23-22-18(25-19)14-7-9-21-10-8-14/h1-2,4,6-10,16H,3,5,11-13H2/t16-/m1/s1. The number of halogens is 1. The first kappa shape index (κ1) is 15.9. The molecule has 3 aromatic rings. The molecule has 1 atom stereocenters. The van der Waals surface area contributed by atoms with Crippen LogP contribution in [0, 0.1) is 5.82 Å². The van der Waals surface area contributed by atoms with Gasteiger partial charge in [0.1, 0.15) is 5.82 Å². The van der Waals surface area contributed by atoms with Gasteiger partial charge in [0.05, 0.1) is 5.92 Å². The quantitative estimate of drug-likeness (QED) is 0.727. The highest BCUT2D eigenvalue weighted by molar-refractivity contribution is 5.50. The first-order valence-electron chi connectivity index (χ1n) is 8.49. The van der Waals surface area contributed by atoms with Crippen molar-refractivity contribution in [2.75, 3.05) is 13.1 Å². The summed E-state index contributed by atoms with van der Waals surface area (Å²) in [5, 5.41) is 8.40. The zero-order valence-corrected chi connectivity index (χ0v) is 13.8. The molecule has 1 aliphatic rings. The molecule has 0 amide bonds. The van der Waals surface area contributed by atoms with Crippen LogP contribution in [0.1, 0.15) is 30.2 Å². The number of likely N-dealkylation sites (tertiary alicyclic amines) is 1. The maximum atomic E-state index is 13.9. The molecule has 0 bridgehead atoms. The van der Waals surface area contributed by atoms with Crippen molar-refractivity contribution in [3.05, 3.63) is 66.1 Å². The highest BCUT2D eigenvalue weighted by Crippen LogP contribution is 2.29. The van der Waals surface area contributed by atoms with Crippen molar-refractivity contribution >= 4 is 0 Å². The second kappa shape index (κ2) is 7.11. The Kier molecular flexibility index (Phi) is 4.52. The van der Waals surface area contributed by atoms with Gasteiger partial charge < -0.3 is 4.42 Å². The van der Waals surface area contributed by atoms with Crippen LogP contribution >= 0.6 is 0 Å². The minimum absolute atomic E-state index is 0.151. The highest BCUT2D eigenvalue weighted by atomic mass is 19.1. The van der Waals surface area contributed by atoms with Crippen molar-refractivity contribution in [3.63, 3.8) is 0 Å². The minimum atomic E-state index is -0.151. The number of hydrogen-bond acceptors (Lipinski definition) is 5. The average molecular weight is 338 g/mol. The van der Waals surface area contributed by atoms with E-state index in [0.29, 0.717) is 18.3 Å². The molecule has 0 radical (unpaired) electrons. The van der Waals surface area contributed by atoms with Gasteiger partial charge in [-0.15, -0.1) is 10.2 Å². The SMILES string of the molecule is Fc1ccccc1CN1CCC[C@@H](c2nnc(-c3ccncc3)o2)C1. The van der Waals surface area contributed by atoms with Gasteiger partial charge in [0.15, 0.2) is 0 Å². The molecule has 2 aromatic heterocycles. The van der Waals surface area contributed by atoms with Crippen molar-refractivity contribution < 1.29 is 8.81 Å². The van der Waals surface area contributed by atoms with Gasteiger partial charge in [-0.25, -0.2) is 4.39 Å². The van der Waals surface area contributed by atoms with Crippen LogP contribution in [0.15, 0.2) is 53.2 Å². The maximum absolute atomic E-state index is 13.9. The minimum Gasteiger partial charge on any atom is -0.420 e. The number of benzene rings is 1. The number of aromatic nitrogens is 3. The van der Waals surface area contributed by atoms with E-state index in [-0.39, 0.29) is 11.7 Å². The van der Waals surface area contributed by atoms with Crippen LogP contribution in [-0.4, -0.2) is 33.2 Å². The molecule has 6 heteroatoms. The fourth-order valence-electron chi connectivity index (χ4n) is 3.28. The monoisotopic (exact) mass is 338 g/mol. The van der Waals surface area contributed by atoms with Crippen LogP contribution in [0.5, 0.6) is 0 Å². The fourth-order valence-corrected chi connectivity index (χ4v) is 3.28. The van der Waals surface area contributed by atoms with Gasteiger partial charge in [-0.05, 0) is 37.6 Å². The molecule has 0 saturated carbocycles. The normalized spacial score (nSPS) is 18.4. The summed E-state index contributed by atoms with van der Waals surface area (Å²) < 4.78 is 19.8. The lowest BCUT2D eigenvalue weighted by Crippen LogP contribution is -2.34. The third-order valence-electron chi connectivity index (χ3n) is 4.57. The van der Waals surface area contributed by atoms with E-state index in [1.807, 2.05) is 24.3 Å². The second-order valence-electron chi connectivity index (χ2n) is 6.35. The van der Waals surface area contributed by atoms with E-state index >= 15 is 0 Å². The Morgan fingerprint density at radius 3 is 2.80 bits per heavy atom. The first-order valence-corrected chi connectivity index (χ1v) is 8.49. The molecule has 0 N–H and O–H groups in total. The van der Waals surface area contributed by atoms with Gasteiger partial charge in [-0.2, -0.15) is 0 Å². The number of piperidine rings is 1. The van der Waals surface area contributed by atoms with Gasteiger partial charge >= 0.3 is 0 Å². The van der Waals surface area contributed by atoms with E-state index in [0.717, 1.165) is 37.1 Å². The van der Waals surface area contributed by atoms with Gasteiger partial charge in [0, 0.05) is 36.6 Å². The van der Waals surface area contributed by atoms with Crippen LogP contribution in [0.4, 0.5) is 4.39 Å². The summed E-state index contributed by atoms with van der Waals surface area (Å²) in [5.74, 6) is 1.21. The number of hydrogen-bond donors (Lipinski definition) is 0. The summed E-state index contributed by atoms with van der Waals surface area (Å²) in [6, 6.07) is 10.6. The molecule has 1 aliphatic heterocycles. The molecule has 1 aromatic carbocycles. The molecular weight excluding hydrogens is 319 g/mol. The van der Waals surface area contributed by atoms with Crippen LogP contribution in [0.3, 0.4) is 0 Å². The molecule has 0 aliphatic carbocycles. The van der Waals surface area contributed by atoms with E-state index in [1.54, 1.807) is 18.5 Å². The lowest BCUT2D eigenvalue weighted by molar-refractivity contribution is 0.184. The van der Waals surface area contributed by atoms with Crippen molar-refractivity contribution in [2.24, 2.45) is 0 Å². The molecule has 1 fully saturated rings. The Morgan fingerprint density at radius 1 is 1.12 bits per heavy atom. The number of pyridine rings is 1. The first-order chi connectivity index (χ1) is 12.3. The van der Waals surface area contributed by atoms with E-state index in [4.69, 9.17) is 4.42 Å². The van der Waals surface area contributed by atoms with Gasteiger partial charge in [0.25, 0.3) is 0 Å². The lowest BCUT2D eigenvalue weighted by Gasteiger charge is -2.31. The summed E-state index contributed by atoms with van der Waals surface area (Å²) in [7, 11) is 0. The van der Waals surface area contributed by atoms with Gasteiger partial charge in [0.2, 0.25) is 11.8 Å². The van der Waals surface area contributed by atoms with Gasteiger partial charge in [-0.3, -0.25) is 9.88 Å². The van der Waals surface area contributed by atoms with Crippen LogP contribution < -0.4 is 0 Å². The lowest BCUT2D eigenvalue weighted by atomic mass is 9.97. The Balaban J connectivity index is 1.46. The topological polar surface area (TPSA) is 55.1 Å². The molecule has 5 nitrogen and oxygen atoms in total. The van der Waals surface area contributed by atoms with Crippen LogP contribution in [0.2, 0.25) is 0 Å². The summed E-state index contributed by atoms with van der Waals surface area (Å²) >= 11 is 0. The number of nitrogens with zero attached hydrogens (tertiary/aromatic N) is 4. The Hall–Kier alpha value is -2.60. The van der Waals surface area contributed by atoms with Crippen molar-refractivity contribution in [1.82, 2.24) is 20.1 Å². The van der Waals surface area contributed by atoms with E-state index in [9.17, 15) is 4.39 Å². The van der Waals surface area contributed by atoms with E-state index in [1.165, 1.54) is 6.07 Å². The Morgan fingerprint density at radius 2 is 1.96 bits per heavy atom. The van der Waals surface area contributed by atoms with Crippen molar-refractivity contribution in [2.45, 2.75) is 25.3 Å². The second-order valence-corrected chi connectivity index (χ2v) is 6.35. The van der Waals surface area contributed by atoms with Crippen molar-refractivity contribution in [1.29, 1.82) is 0 Å². The predicted molar refractivity (Wildman–Crippen MR) is 91.2 cm³/mol. The Labute approximate surface area is 145 Å². The zero-order valence-electron chi connectivity index (χ0n) is 13.8. The van der Waals surface area contributed by atoms with Crippen LogP contribution in [-0.2, 0) is 6.54 Å². The largest absolute Gasteiger partial charge is 0.420 e. The van der Waals surface area contributed by atoms with E-state index in [2.05, 4.69) is 20.1 Å². The molecular formula is C19H19FN4O. The molecule has 1 saturated heterocycles. The van der Waals surface area contributed by atoms with Crippen molar-refractivity contribution in [3.8, 4) is 11.5 Å². The summed E-state index contributed by atoms with van der Waals surface area (Å²) in [4.78, 5) is 6.25. The fraction of sp³-hybridized carbons (Fsp3) is 0.316. The molecule has 4 rings (SSSR count). The molecule has 25 heavy (non-hydrogen) atoms. The van der Waals surface area contributed by atoms with Gasteiger partial charge in [-0.1, -0.05) is 18.2 Å². The number of rotatable bonds is 4. The van der Waals surface area contributed by atoms with Crippen LogP contribution in [0.25, 0.3) is 11.5 Å². The third-order valence-corrected chi connectivity index (χ3v) is 4.57. The molecule has 128 valence electrons. The predicted octanol–water partition coefficient (Wildman–Crippen LogP) is 3.65. The highest BCUT2D eigenvalue weighted by Gasteiger charge is 2.26. The average Bonchev–Trinajstić information content (AvgIpc) is 3.15.